The van der Waals surface area contributed by atoms with Gasteiger partial charge in [0.1, 0.15) is 5.82 Å². The van der Waals surface area contributed by atoms with Crippen LogP contribution in [0.25, 0.3) is 0 Å². The van der Waals surface area contributed by atoms with Gasteiger partial charge in [-0.05, 0) is 12.1 Å². The van der Waals surface area contributed by atoms with E-state index < -0.39 is 0 Å². The predicted octanol–water partition coefficient (Wildman–Crippen LogP) is -0.00630. The van der Waals surface area contributed by atoms with Crippen molar-refractivity contribution in [2.24, 2.45) is 5.84 Å². The first-order valence-electron chi connectivity index (χ1n) is 5.46. The highest BCUT2D eigenvalue weighted by Gasteiger charge is 2.04. The van der Waals surface area contributed by atoms with Gasteiger partial charge in [-0.25, -0.2) is 15.8 Å². The third-order valence-electron chi connectivity index (χ3n) is 2.39. The van der Waals surface area contributed by atoms with Gasteiger partial charge in [0, 0.05) is 31.7 Å². The Morgan fingerprint density at radius 1 is 1.44 bits per heavy atom. The molecule has 94 valence electrons. The van der Waals surface area contributed by atoms with Crippen molar-refractivity contribution in [3.63, 3.8) is 0 Å². The molecule has 0 fully saturated rings. The van der Waals surface area contributed by atoms with Gasteiger partial charge in [0.05, 0.1) is 11.9 Å². The second-order valence-corrected chi connectivity index (χ2v) is 3.63. The maximum atomic E-state index is 11.7. The van der Waals surface area contributed by atoms with Crippen molar-refractivity contribution in [1.29, 1.82) is 0 Å². The molecule has 0 bridgehead atoms. The van der Waals surface area contributed by atoms with E-state index in [1.54, 1.807) is 24.7 Å². The van der Waals surface area contributed by atoms with Gasteiger partial charge < -0.3 is 15.3 Å². The standard InChI is InChI=1S/C11H14N6O/c12-16-10-2-1-9(7-15-10)11(18)14-4-6-17-5-3-13-8-17/h1-3,5,7-8H,4,6,12H2,(H,14,18)(H,15,16). The summed E-state index contributed by atoms with van der Waals surface area (Å²) in [5.41, 5.74) is 2.90. The van der Waals surface area contributed by atoms with E-state index >= 15 is 0 Å². The highest BCUT2D eigenvalue weighted by atomic mass is 16.1. The molecule has 0 aliphatic carbocycles. The lowest BCUT2D eigenvalue weighted by Gasteiger charge is -2.06. The predicted molar refractivity (Wildman–Crippen MR) is 66.6 cm³/mol. The van der Waals surface area contributed by atoms with E-state index in [0.29, 0.717) is 24.5 Å². The van der Waals surface area contributed by atoms with Crippen LogP contribution < -0.4 is 16.6 Å². The smallest absolute Gasteiger partial charge is 0.252 e. The Morgan fingerprint density at radius 3 is 2.94 bits per heavy atom. The zero-order chi connectivity index (χ0) is 12.8. The minimum absolute atomic E-state index is 0.161. The van der Waals surface area contributed by atoms with E-state index in [1.807, 2.05) is 10.8 Å². The van der Waals surface area contributed by atoms with Crippen molar-refractivity contribution in [2.45, 2.75) is 6.54 Å². The minimum atomic E-state index is -0.161. The number of rotatable bonds is 5. The monoisotopic (exact) mass is 246 g/mol. The summed E-state index contributed by atoms with van der Waals surface area (Å²) < 4.78 is 1.89. The summed E-state index contributed by atoms with van der Waals surface area (Å²) in [5.74, 6) is 5.55. The van der Waals surface area contributed by atoms with Gasteiger partial charge in [-0.15, -0.1) is 0 Å². The van der Waals surface area contributed by atoms with E-state index in [-0.39, 0.29) is 5.91 Å². The van der Waals surface area contributed by atoms with Crippen LogP contribution in [0, 0.1) is 0 Å². The van der Waals surface area contributed by atoms with Gasteiger partial charge in [-0.3, -0.25) is 4.79 Å². The number of carbonyl (C=O) groups excluding carboxylic acids is 1. The van der Waals surface area contributed by atoms with Crippen LogP contribution in [0.4, 0.5) is 5.82 Å². The third kappa shape index (κ3) is 3.05. The number of hydrazine groups is 1. The van der Waals surface area contributed by atoms with E-state index in [9.17, 15) is 4.79 Å². The summed E-state index contributed by atoms with van der Waals surface area (Å²) in [6.07, 6.45) is 6.72. The summed E-state index contributed by atoms with van der Waals surface area (Å²) in [4.78, 5) is 19.6. The van der Waals surface area contributed by atoms with Crippen LogP contribution in [0.5, 0.6) is 0 Å². The number of aromatic nitrogens is 3. The molecule has 0 aliphatic rings. The van der Waals surface area contributed by atoms with Crippen LogP contribution >= 0.6 is 0 Å². The maximum absolute atomic E-state index is 11.7. The van der Waals surface area contributed by atoms with Gasteiger partial charge in [0.25, 0.3) is 5.91 Å². The zero-order valence-corrected chi connectivity index (χ0v) is 9.71. The number of amides is 1. The molecule has 7 heteroatoms. The normalized spacial score (nSPS) is 10.1. The van der Waals surface area contributed by atoms with Crippen molar-refractivity contribution in [3.8, 4) is 0 Å². The van der Waals surface area contributed by atoms with Crippen molar-refractivity contribution in [3.05, 3.63) is 42.6 Å². The molecule has 2 rings (SSSR count). The molecular formula is C11H14N6O. The lowest BCUT2D eigenvalue weighted by atomic mass is 10.2. The number of pyridine rings is 1. The summed E-state index contributed by atoms with van der Waals surface area (Å²) in [7, 11) is 0. The molecular weight excluding hydrogens is 232 g/mol. The van der Waals surface area contributed by atoms with Gasteiger partial charge >= 0.3 is 0 Å². The largest absolute Gasteiger partial charge is 0.350 e. The quantitative estimate of drug-likeness (QED) is 0.509. The SMILES string of the molecule is NNc1ccc(C(=O)NCCn2ccnc2)cn1. The van der Waals surface area contributed by atoms with Gasteiger partial charge in [-0.1, -0.05) is 0 Å². The first kappa shape index (κ1) is 12.1. The second kappa shape index (κ2) is 5.78. The lowest BCUT2D eigenvalue weighted by Crippen LogP contribution is -2.27. The maximum Gasteiger partial charge on any atom is 0.252 e. The molecule has 0 aliphatic heterocycles. The molecule has 0 spiro atoms. The number of hydrogen-bond acceptors (Lipinski definition) is 5. The Bertz CT molecular complexity index is 493. The summed E-state index contributed by atoms with van der Waals surface area (Å²) in [6, 6.07) is 3.31. The zero-order valence-electron chi connectivity index (χ0n) is 9.71. The lowest BCUT2D eigenvalue weighted by molar-refractivity contribution is 0.0952. The average molecular weight is 246 g/mol. The van der Waals surface area contributed by atoms with Crippen LogP contribution in [0.1, 0.15) is 10.4 Å². The number of nitrogens with zero attached hydrogens (tertiary/aromatic N) is 3. The molecule has 0 radical (unpaired) electrons. The fraction of sp³-hybridized carbons (Fsp3) is 0.182. The molecule has 1 amide bonds. The number of nitrogens with two attached hydrogens (primary N) is 1. The highest BCUT2D eigenvalue weighted by Crippen LogP contribution is 2.03. The van der Waals surface area contributed by atoms with Crippen LogP contribution in [0.2, 0.25) is 0 Å². The number of carbonyl (C=O) groups is 1. The molecule has 2 aromatic heterocycles. The first-order valence-corrected chi connectivity index (χ1v) is 5.46. The molecule has 0 unspecified atom stereocenters. The number of nitrogens with one attached hydrogen (secondary N) is 2. The molecule has 2 heterocycles. The summed E-state index contributed by atoms with van der Waals surface area (Å²) in [5, 5.41) is 2.80. The number of imidazole rings is 1. The van der Waals surface area contributed by atoms with E-state index in [4.69, 9.17) is 5.84 Å². The third-order valence-corrected chi connectivity index (χ3v) is 2.39. The molecule has 7 nitrogen and oxygen atoms in total. The van der Waals surface area contributed by atoms with Gasteiger partial charge in [0.15, 0.2) is 0 Å². The van der Waals surface area contributed by atoms with E-state index in [2.05, 4.69) is 20.7 Å². The topological polar surface area (TPSA) is 97.9 Å². The number of nitrogen functional groups attached to an aromatic ring is 1. The van der Waals surface area contributed by atoms with Gasteiger partial charge in [0.2, 0.25) is 0 Å². The van der Waals surface area contributed by atoms with Crippen molar-refractivity contribution in [1.82, 2.24) is 19.9 Å². The van der Waals surface area contributed by atoms with Crippen molar-refractivity contribution < 1.29 is 4.79 Å². The molecule has 0 saturated heterocycles. The van der Waals surface area contributed by atoms with Crippen molar-refractivity contribution >= 4 is 11.7 Å². The Labute approximate surface area is 104 Å². The molecule has 0 saturated carbocycles. The Hall–Kier alpha value is -2.41. The van der Waals surface area contributed by atoms with Crippen LogP contribution in [0.3, 0.4) is 0 Å². The van der Waals surface area contributed by atoms with Crippen LogP contribution in [-0.4, -0.2) is 27.0 Å². The Balaban J connectivity index is 1.83. The molecule has 2 aromatic rings. The van der Waals surface area contributed by atoms with E-state index in [0.717, 1.165) is 0 Å². The summed E-state index contributed by atoms with van der Waals surface area (Å²) in [6.45, 7) is 1.22. The van der Waals surface area contributed by atoms with Crippen LogP contribution in [0.15, 0.2) is 37.1 Å². The average Bonchev–Trinajstić information content (AvgIpc) is 2.92. The Morgan fingerprint density at radius 2 is 2.33 bits per heavy atom. The second-order valence-electron chi connectivity index (χ2n) is 3.63. The molecule has 4 N–H and O–H groups in total. The fourth-order valence-electron chi connectivity index (χ4n) is 1.43. The Kier molecular flexibility index (Phi) is 3.87. The molecule has 18 heavy (non-hydrogen) atoms. The van der Waals surface area contributed by atoms with Crippen LogP contribution in [-0.2, 0) is 6.54 Å². The number of hydrogen-bond donors (Lipinski definition) is 3. The first-order chi connectivity index (χ1) is 8.79. The summed E-state index contributed by atoms with van der Waals surface area (Å²) >= 11 is 0. The minimum Gasteiger partial charge on any atom is -0.350 e. The molecule has 0 atom stereocenters. The number of anilines is 1. The highest BCUT2D eigenvalue weighted by molar-refractivity contribution is 5.93. The fourth-order valence-corrected chi connectivity index (χ4v) is 1.43. The van der Waals surface area contributed by atoms with Crippen molar-refractivity contribution in [2.75, 3.05) is 12.0 Å². The van der Waals surface area contributed by atoms with E-state index in [1.165, 1.54) is 6.20 Å². The van der Waals surface area contributed by atoms with Gasteiger partial charge in [-0.2, -0.15) is 0 Å². The molecule has 0 aromatic carbocycles.